The number of carbonyl (C=O) groups is 2. The van der Waals surface area contributed by atoms with Gasteiger partial charge < -0.3 is 14.3 Å². The van der Waals surface area contributed by atoms with E-state index in [9.17, 15) is 9.59 Å². The van der Waals surface area contributed by atoms with E-state index < -0.39 is 0 Å². The summed E-state index contributed by atoms with van der Waals surface area (Å²) in [6.07, 6.45) is 3.40. The first-order valence-corrected chi connectivity index (χ1v) is 8.57. The fourth-order valence-electron chi connectivity index (χ4n) is 3.94. The zero-order valence-electron chi connectivity index (χ0n) is 14.1. The number of aromatic nitrogens is 2. The molecule has 130 valence electrons. The lowest BCUT2D eigenvalue weighted by atomic mass is 9.96. The third kappa shape index (κ3) is 2.90. The molecule has 2 saturated heterocycles. The summed E-state index contributed by atoms with van der Waals surface area (Å²) in [5.74, 6) is 0.246. The van der Waals surface area contributed by atoms with Crippen molar-refractivity contribution in [3.63, 3.8) is 0 Å². The monoisotopic (exact) mass is 340 g/mol. The second kappa shape index (κ2) is 6.31. The standard InChI is InChI=1S/C18H20N4O3/c1-12-3-2-4-13(20-12)11-22-15-8-10-21(14(15)5-6-17(22)23)18(24)16-7-9-19-25-16/h2-4,7,9,14-15H,5-6,8,10-11H2,1H3/t14-,15-/m1/s1. The molecule has 0 aliphatic carbocycles. The summed E-state index contributed by atoms with van der Waals surface area (Å²) in [5, 5.41) is 3.61. The molecule has 7 heteroatoms. The minimum absolute atomic E-state index is 0.0279. The van der Waals surface area contributed by atoms with Gasteiger partial charge in [-0.05, 0) is 31.9 Å². The van der Waals surface area contributed by atoms with Crippen molar-refractivity contribution in [2.75, 3.05) is 6.54 Å². The molecule has 4 heterocycles. The van der Waals surface area contributed by atoms with E-state index in [4.69, 9.17) is 4.52 Å². The van der Waals surface area contributed by atoms with Gasteiger partial charge in [-0.2, -0.15) is 0 Å². The summed E-state index contributed by atoms with van der Waals surface area (Å²) in [6.45, 7) is 3.06. The first-order valence-electron chi connectivity index (χ1n) is 8.57. The molecule has 2 fully saturated rings. The second-order valence-corrected chi connectivity index (χ2v) is 6.63. The van der Waals surface area contributed by atoms with Crippen LogP contribution in [0.3, 0.4) is 0 Å². The summed E-state index contributed by atoms with van der Waals surface area (Å²) < 4.78 is 5.01. The summed E-state index contributed by atoms with van der Waals surface area (Å²) in [7, 11) is 0. The van der Waals surface area contributed by atoms with Crippen LogP contribution in [-0.2, 0) is 11.3 Å². The molecule has 2 aliphatic rings. The smallest absolute Gasteiger partial charge is 0.292 e. The maximum Gasteiger partial charge on any atom is 0.292 e. The van der Waals surface area contributed by atoms with Crippen LogP contribution in [0.15, 0.2) is 35.0 Å². The Morgan fingerprint density at radius 1 is 1.28 bits per heavy atom. The van der Waals surface area contributed by atoms with Crippen LogP contribution < -0.4 is 0 Å². The Labute approximate surface area is 145 Å². The molecule has 2 aliphatic heterocycles. The fourth-order valence-corrected chi connectivity index (χ4v) is 3.94. The molecule has 2 amide bonds. The molecule has 0 bridgehead atoms. The third-order valence-electron chi connectivity index (χ3n) is 5.07. The molecule has 0 unspecified atom stereocenters. The number of nitrogens with zero attached hydrogens (tertiary/aromatic N) is 4. The topological polar surface area (TPSA) is 79.5 Å². The molecule has 0 aromatic carbocycles. The van der Waals surface area contributed by atoms with Crippen LogP contribution in [0.2, 0.25) is 0 Å². The van der Waals surface area contributed by atoms with Gasteiger partial charge in [-0.1, -0.05) is 11.2 Å². The highest BCUT2D eigenvalue weighted by Crippen LogP contribution is 2.33. The Bertz CT molecular complexity index is 789. The largest absolute Gasteiger partial charge is 0.351 e. The van der Waals surface area contributed by atoms with Crippen molar-refractivity contribution in [3.8, 4) is 0 Å². The predicted octanol–water partition coefficient (Wildman–Crippen LogP) is 1.78. The van der Waals surface area contributed by atoms with Crippen LogP contribution in [0.1, 0.15) is 41.2 Å². The van der Waals surface area contributed by atoms with Crippen molar-refractivity contribution in [2.24, 2.45) is 0 Å². The van der Waals surface area contributed by atoms with E-state index >= 15 is 0 Å². The number of piperidine rings is 1. The SMILES string of the molecule is Cc1cccc(CN2C(=O)CC[C@@H]3[C@H]2CCN3C(=O)c2ccno2)n1. The normalized spacial score (nSPS) is 23.0. The number of rotatable bonds is 3. The van der Waals surface area contributed by atoms with Gasteiger partial charge >= 0.3 is 0 Å². The molecule has 0 spiro atoms. The van der Waals surface area contributed by atoms with Crippen molar-refractivity contribution in [3.05, 3.63) is 47.6 Å². The van der Waals surface area contributed by atoms with Gasteiger partial charge in [-0.15, -0.1) is 0 Å². The van der Waals surface area contributed by atoms with E-state index in [0.717, 1.165) is 17.8 Å². The van der Waals surface area contributed by atoms with Crippen molar-refractivity contribution >= 4 is 11.8 Å². The van der Waals surface area contributed by atoms with Gasteiger partial charge in [0.05, 0.1) is 30.5 Å². The third-order valence-corrected chi connectivity index (χ3v) is 5.07. The summed E-state index contributed by atoms with van der Waals surface area (Å²) in [6, 6.07) is 7.49. The van der Waals surface area contributed by atoms with Crippen LogP contribution >= 0.6 is 0 Å². The molecule has 2 atom stereocenters. The number of amides is 2. The van der Waals surface area contributed by atoms with Crippen molar-refractivity contribution < 1.29 is 14.1 Å². The highest BCUT2D eigenvalue weighted by Gasteiger charge is 2.45. The molecule has 7 nitrogen and oxygen atoms in total. The Balaban J connectivity index is 1.54. The van der Waals surface area contributed by atoms with E-state index in [1.807, 2.05) is 34.9 Å². The van der Waals surface area contributed by atoms with E-state index in [1.165, 1.54) is 6.20 Å². The minimum Gasteiger partial charge on any atom is -0.351 e. The highest BCUT2D eigenvalue weighted by atomic mass is 16.5. The summed E-state index contributed by atoms with van der Waals surface area (Å²) in [4.78, 5) is 33.4. The van der Waals surface area contributed by atoms with Crippen LogP contribution in [0, 0.1) is 6.92 Å². The Hall–Kier alpha value is -2.70. The van der Waals surface area contributed by atoms with Crippen molar-refractivity contribution in [1.29, 1.82) is 0 Å². The first kappa shape index (κ1) is 15.8. The van der Waals surface area contributed by atoms with Crippen LogP contribution in [-0.4, -0.2) is 50.4 Å². The van der Waals surface area contributed by atoms with Crippen LogP contribution in [0.5, 0.6) is 0 Å². The van der Waals surface area contributed by atoms with Gasteiger partial charge in [-0.3, -0.25) is 14.6 Å². The van der Waals surface area contributed by atoms with E-state index in [1.54, 1.807) is 6.07 Å². The predicted molar refractivity (Wildman–Crippen MR) is 88.5 cm³/mol. The average Bonchev–Trinajstić information content (AvgIpc) is 3.26. The van der Waals surface area contributed by atoms with Gasteiger partial charge in [0.2, 0.25) is 11.7 Å². The van der Waals surface area contributed by atoms with Crippen LogP contribution in [0.25, 0.3) is 0 Å². The average molecular weight is 340 g/mol. The molecule has 2 aromatic rings. The Morgan fingerprint density at radius 2 is 2.16 bits per heavy atom. The van der Waals surface area contributed by atoms with Gasteiger partial charge in [0.15, 0.2) is 0 Å². The molecule has 0 saturated carbocycles. The molecule has 0 radical (unpaired) electrons. The molecule has 2 aromatic heterocycles. The van der Waals surface area contributed by atoms with E-state index in [0.29, 0.717) is 25.9 Å². The van der Waals surface area contributed by atoms with Crippen molar-refractivity contribution in [2.45, 2.75) is 44.8 Å². The number of carbonyl (C=O) groups excluding carboxylic acids is 2. The van der Waals surface area contributed by atoms with Gasteiger partial charge in [0.1, 0.15) is 0 Å². The molecular weight excluding hydrogens is 320 g/mol. The minimum atomic E-state index is -0.145. The van der Waals surface area contributed by atoms with Gasteiger partial charge in [0.25, 0.3) is 5.91 Å². The lowest BCUT2D eigenvalue weighted by molar-refractivity contribution is -0.138. The zero-order chi connectivity index (χ0) is 17.4. The van der Waals surface area contributed by atoms with E-state index in [-0.39, 0.29) is 29.7 Å². The Kier molecular flexibility index (Phi) is 3.99. The number of fused-ring (bicyclic) bond motifs is 1. The fraction of sp³-hybridized carbons (Fsp3) is 0.444. The number of pyridine rings is 1. The first-order chi connectivity index (χ1) is 12.1. The molecule has 0 N–H and O–H groups in total. The Morgan fingerprint density at radius 3 is 2.92 bits per heavy atom. The number of likely N-dealkylation sites (tertiary alicyclic amines) is 2. The second-order valence-electron chi connectivity index (χ2n) is 6.63. The molecular formula is C18H20N4O3. The van der Waals surface area contributed by atoms with Gasteiger partial charge in [-0.25, -0.2) is 0 Å². The lowest BCUT2D eigenvalue weighted by Crippen LogP contribution is -2.52. The van der Waals surface area contributed by atoms with Crippen molar-refractivity contribution in [1.82, 2.24) is 19.9 Å². The molecule has 25 heavy (non-hydrogen) atoms. The maximum absolute atomic E-state index is 12.6. The van der Waals surface area contributed by atoms with E-state index in [2.05, 4.69) is 10.1 Å². The molecule has 4 rings (SSSR count). The number of hydrogen-bond donors (Lipinski definition) is 0. The maximum atomic E-state index is 12.6. The lowest BCUT2D eigenvalue weighted by Gasteiger charge is -2.39. The number of aryl methyl sites for hydroxylation is 1. The quantitative estimate of drug-likeness (QED) is 0.851. The van der Waals surface area contributed by atoms with Gasteiger partial charge in [0, 0.05) is 24.7 Å². The zero-order valence-corrected chi connectivity index (χ0v) is 14.1. The summed E-state index contributed by atoms with van der Waals surface area (Å²) in [5.41, 5.74) is 1.82. The van der Waals surface area contributed by atoms with Crippen LogP contribution in [0.4, 0.5) is 0 Å². The number of hydrogen-bond acceptors (Lipinski definition) is 5. The highest BCUT2D eigenvalue weighted by molar-refractivity contribution is 5.92. The summed E-state index contributed by atoms with van der Waals surface area (Å²) >= 11 is 0.